The molecule has 0 bridgehead atoms. The molecule has 3 aromatic rings. The van der Waals surface area contributed by atoms with Gasteiger partial charge in [-0.1, -0.05) is 6.07 Å². The van der Waals surface area contributed by atoms with Crippen LogP contribution in [0.4, 0.5) is 11.4 Å². The molecule has 1 N–H and O–H groups in total. The third-order valence-corrected chi connectivity index (χ3v) is 5.60. The molecule has 1 saturated heterocycles. The van der Waals surface area contributed by atoms with Gasteiger partial charge in [0.15, 0.2) is 0 Å². The largest absolute Gasteiger partial charge is 0.368 e. The lowest BCUT2D eigenvalue weighted by molar-refractivity contribution is 0.0746. The van der Waals surface area contributed by atoms with E-state index in [9.17, 15) is 9.59 Å². The summed E-state index contributed by atoms with van der Waals surface area (Å²) in [5.74, 6) is -0.119. The topological polar surface area (TPSA) is 65.5 Å². The first-order valence-corrected chi connectivity index (χ1v) is 9.98. The van der Waals surface area contributed by atoms with Crippen LogP contribution in [0.5, 0.6) is 0 Å². The molecule has 0 saturated carbocycles. The van der Waals surface area contributed by atoms with Crippen molar-refractivity contribution >= 4 is 34.5 Å². The van der Waals surface area contributed by atoms with Crippen molar-refractivity contribution in [1.29, 1.82) is 0 Å². The van der Waals surface area contributed by atoms with Crippen LogP contribution in [0.2, 0.25) is 0 Å². The van der Waals surface area contributed by atoms with E-state index < -0.39 is 0 Å². The van der Waals surface area contributed by atoms with Crippen LogP contribution >= 0.6 is 11.3 Å². The van der Waals surface area contributed by atoms with Gasteiger partial charge in [0.1, 0.15) is 0 Å². The van der Waals surface area contributed by atoms with Crippen LogP contribution in [0.3, 0.4) is 0 Å². The molecule has 1 fully saturated rings. The Morgan fingerprint density at radius 2 is 1.64 bits per heavy atom. The molecule has 0 aliphatic carbocycles. The van der Waals surface area contributed by atoms with E-state index in [0.29, 0.717) is 29.2 Å². The fourth-order valence-corrected chi connectivity index (χ4v) is 3.82. The third kappa shape index (κ3) is 4.04. The van der Waals surface area contributed by atoms with Crippen LogP contribution in [0.25, 0.3) is 0 Å². The van der Waals surface area contributed by atoms with Crippen molar-refractivity contribution in [1.82, 2.24) is 9.88 Å². The summed E-state index contributed by atoms with van der Waals surface area (Å²) >= 11 is 1.40. The molecule has 1 aliphatic heterocycles. The van der Waals surface area contributed by atoms with Gasteiger partial charge in [-0.3, -0.25) is 14.6 Å². The predicted octanol–water partition coefficient (Wildman–Crippen LogP) is 3.36. The van der Waals surface area contributed by atoms with E-state index in [4.69, 9.17) is 0 Å². The Labute approximate surface area is 167 Å². The van der Waals surface area contributed by atoms with E-state index in [1.807, 2.05) is 28.5 Å². The summed E-state index contributed by atoms with van der Waals surface area (Å²) in [5, 5.41) is 4.71. The van der Waals surface area contributed by atoms with Crippen molar-refractivity contribution in [3.05, 3.63) is 76.7 Å². The minimum atomic E-state index is -0.138. The maximum absolute atomic E-state index is 12.8. The summed E-state index contributed by atoms with van der Waals surface area (Å²) < 4.78 is 0. The van der Waals surface area contributed by atoms with E-state index in [1.165, 1.54) is 11.3 Å². The molecule has 3 heterocycles. The molecular weight excluding hydrogens is 372 g/mol. The molecule has 4 rings (SSSR count). The summed E-state index contributed by atoms with van der Waals surface area (Å²) in [6, 6.07) is 14.7. The van der Waals surface area contributed by atoms with Crippen LogP contribution in [0, 0.1) is 0 Å². The Morgan fingerprint density at radius 3 is 2.29 bits per heavy atom. The standard InChI is InChI=1S/C21H20N4O2S/c26-20(19-2-1-15-28-19)23-17-5-3-16(4-6-17)21(27)25-13-11-24(12-14-25)18-7-9-22-10-8-18/h1-10,15H,11-14H2,(H,23,26). The molecular formula is C21H20N4O2S. The highest BCUT2D eigenvalue weighted by Gasteiger charge is 2.22. The van der Waals surface area contributed by atoms with Crippen LogP contribution in [-0.4, -0.2) is 47.9 Å². The zero-order chi connectivity index (χ0) is 19.3. The minimum absolute atomic E-state index is 0.0190. The molecule has 0 unspecified atom stereocenters. The number of nitrogens with one attached hydrogen (secondary N) is 1. The fourth-order valence-electron chi connectivity index (χ4n) is 3.20. The summed E-state index contributed by atoms with van der Waals surface area (Å²) in [6.45, 7) is 2.95. The van der Waals surface area contributed by atoms with Gasteiger partial charge in [-0.25, -0.2) is 0 Å². The second kappa shape index (κ2) is 8.22. The zero-order valence-electron chi connectivity index (χ0n) is 15.2. The Morgan fingerprint density at radius 1 is 0.929 bits per heavy atom. The van der Waals surface area contributed by atoms with Crippen molar-refractivity contribution < 1.29 is 9.59 Å². The molecule has 1 aliphatic rings. The first-order valence-electron chi connectivity index (χ1n) is 9.10. The van der Waals surface area contributed by atoms with Crippen molar-refractivity contribution in [3.8, 4) is 0 Å². The Bertz CT molecular complexity index is 934. The van der Waals surface area contributed by atoms with Crippen molar-refractivity contribution in [3.63, 3.8) is 0 Å². The number of rotatable bonds is 4. The van der Waals surface area contributed by atoms with Gasteiger partial charge in [-0.05, 0) is 47.8 Å². The number of aromatic nitrogens is 1. The van der Waals surface area contributed by atoms with Crippen LogP contribution < -0.4 is 10.2 Å². The number of thiophene rings is 1. The van der Waals surface area contributed by atoms with E-state index in [2.05, 4.69) is 15.2 Å². The Balaban J connectivity index is 1.34. The molecule has 142 valence electrons. The van der Waals surface area contributed by atoms with Gasteiger partial charge in [0.05, 0.1) is 4.88 Å². The minimum Gasteiger partial charge on any atom is -0.368 e. The number of pyridine rings is 1. The Kier molecular flexibility index (Phi) is 5.34. The quantitative estimate of drug-likeness (QED) is 0.739. The number of hydrogen-bond donors (Lipinski definition) is 1. The molecule has 1 aromatic carbocycles. The molecule has 6 nitrogen and oxygen atoms in total. The van der Waals surface area contributed by atoms with E-state index in [1.54, 1.807) is 42.7 Å². The number of benzene rings is 1. The zero-order valence-corrected chi connectivity index (χ0v) is 16.1. The molecule has 0 radical (unpaired) electrons. The van der Waals surface area contributed by atoms with E-state index >= 15 is 0 Å². The van der Waals surface area contributed by atoms with Gasteiger partial charge in [0.25, 0.3) is 11.8 Å². The lowest BCUT2D eigenvalue weighted by Crippen LogP contribution is -2.48. The number of amides is 2. The van der Waals surface area contributed by atoms with Gasteiger partial charge in [0, 0.05) is 55.5 Å². The summed E-state index contributed by atoms with van der Waals surface area (Å²) in [6.07, 6.45) is 3.57. The first-order chi connectivity index (χ1) is 13.7. The number of anilines is 2. The van der Waals surface area contributed by atoms with Gasteiger partial charge in [-0.2, -0.15) is 0 Å². The summed E-state index contributed by atoms with van der Waals surface area (Å²) in [4.78, 5) is 33.7. The third-order valence-electron chi connectivity index (χ3n) is 4.73. The second-order valence-corrected chi connectivity index (χ2v) is 7.44. The van der Waals surface area contributed by atoms with Gasteiger partial charge in [-0.15, -0.1) is 11.3 Å². The average molecular weight is 392 g/mol. The molecule has 0 spiro atoms. The molecule has 2 amide bonds. The highest BCUT2D eigenvalue weighted by atomic mass is 32.1. The lowest BCUT2D eigenvalue weighted by atomic mass is 10.1. The molecule has 2 aromatic heterocycles. The maximum atomic E-state index is 12.8. The highest BCUT2D eigenvalue weighted by Crippen LogP contribution is 2.18. The number of carbonyl (C=O) groups excluding carboxylic acids is 2. The molecule has 0 atom stereocenters. The number of nitrogens with zero attached hydrogens (tertiary/aromatic N) is 3. The summed E-state index contributed by atoms with van der Waals surface area (Å²) in [5.41, 5.74) is 2.44. The second-order valence-electron chi connectivity index (χ2n) is 6.49. The Hall–Kier alpha value is -3.19. The van der Waals surface area contributed by atoms with Gasteiger partial charge in [0.2, 0.25) is 0 Å². The van der Waals surface area contributed by atoms with E-state index in [0.717, 1.165) is 18.8 Å². The smallest absolute Gasteiger partial charge is 0.265 e. The van der Waals surface area contributed by atoms with E-state index in [-0.39, 0.29) is 11.8 Å². The lowest BCUT2D eigenvalue weighted by Gasteiger charge is -2.36. The number of carbonyl (C=O) groups is 2. The van der Waals surface area contributed by atoms with Crippen LogP contribution in [0.1, 0.15) is 20.0 Å². The summed E-state index contributed by atoms with van der Waals surface area (Å²) in [7, 11) is 0. The molecule has 28 heavy (non-hydrogen) atoms. The SMILES string of the molecule is O=C(Nc1ccc(C(=O)N2CCN(c3ccncc3)CC2)cc1)c1cccs1. The number of hydrogen-bond acceptors (Lipinski definition) is 5. The fraction of sp³-hybridized carbons (Fsp3) is 0.190. The number of piperazine rings is 1. The maximum Gasteiger partial charge on any atom is 0.265 e. The van der Waals surface area contributed by atoms with Crippen molar-refractivity contribution in [2.45, 2.75) is 0 Å². The average Bonchev–Trinajstić information content (AvgIpc) is 3.30. The van der Waals surface area contributed by atoms with Gasteiger partial charge < -0.3 is 15.1 Å². The molecule has 7 heteroatoms. The van der Waals surface area contributed by atoms with Crippen LogP contribution in [0.15, 0.2) is 66.3 Å². The van der Waals surface area contributed by atoms with Crippen molar-refractivity contribution in [2.75, 3.05) is 36.4 Å². The first kappa shape index (κ1) is 18.2. The normalized spacial score (nSPS) is 14.0. The highest BCUT2D eigenvalue weighted by molar-refractivity contribution is 7.12. The predicted molar refractivity (Wildman–Crippen MR) is 111 cm³/mol. The van der Waals surface area contributed by atoms with Crippen molar-refractivity contribution in [2.24, 2.45) is 0 Å². The van der Waals surface area contributed by atoms with Gasteiger partial charge >= 0.3 is 0 Å². The monoisotopic (exact) mass is 392 g/mol. The van der Waals surface area contributed by atoms with Crippen LogP contribution in [-0.2, 0) is 0 Å².